The molecule has 0 N–H and O–H groups in total. The zero-order valence-electron chi connectivity index (χ0n) is 10.1. The number of pyridine rings is 1. The molecule has 7 nitrogen and oxygen atoms in total. The molecular weight excluding hydrogens is 258 g/mol. The fourth-order valence-corrected chi connectivity index (χ4v) is 1.83. The van der Waals surface area contributed by atoms with Crippen LogP contribution >= 0.6 is 0 Å². The van der Waals surface area contributed by atoms with Crippen LogP contribution < -0.4 is 0 Å². The molecule has 0 unspecified atom stereocenters. The number of rotatable bonds is 2. The second-order valence-corrected chi connectivity index (χ2v) is 4.07. The minimum absolute atomic E-state index is 0.0147. The van der Waals surface area contributed by atoms with Crippen molar-refractivity contribution in [3.63, 3.8) is 0 Å². The number of hydrogen-bond donors (Lipinski definition) is 0. The van der Waals surface area contributed by atoms with Crippen LogP contribution in [0.3, 0.4) is 0 Å². The van der Waals surface area contributed by atoms with E-state index in [9.17, 15) is 10.1 Å². The van der Waals surface area contributed by atoms with Crippen molar-refractivity contribution in [1.82, 2.24) is 14.6 Å². The van der Waals surface area contributed by atoms with Crippen molar-refractivity contribution in [2.75, 3.05) is 0 Å². The Hall–Kier alpha value is -3.27. The summed E-state index contributed by atoms with van der Waals surface area (Å²) in [6.45, 7) is 0. The summed E-state index contributed by atoms with van der Waals surface area (Å²) in [7, 11) is 0. The number of nitrogens with zero attached hydrogens (tertiary/aromatic N) is 5. The van der Waals surface area contributed by atoms with Crippen LogP contribution in [0.15, 0.2) is 42.6 Å². The molecule has 20 heavy (non-hydrogen) atoms. The summed E-state index contributed by atoms with van der Waals surface area (Å²) in [6.07, 6.45) is 1.63. The summed E-state index contributed by atoms with van der Waals surface area (Å²) >= 11 is 0. The molecule has 0 saturated heterocycles. The van der Waals surface area contributed by atoms with Crippen LogP contribution in [-0.2, 0) is 0 Å². The summed E-state index contributed by atoms with van der Waals surface area (Å²) < 4.78 is 1.52. The van der Waals surface area contributed by atoms with Crippen LogP contribution in [0.5, 0.6) is 0 Å². The molecule has 0 radical (unpaired) electrons. The van der Waals surface area contributed by atoms with Gasteiger partial charge in [-0.25, -0.2) is 9.50 Å². The SMILES string of the molecule is N#Cc1ccn2nc(-c3cccc([N+](=O)[O-])c3)nc2c1. The molecule has 0 aliphatic carbocycles. The number of non-ortho nitro benzene ring substituents is 1. The van der Waals surface area contributed by atoms with Gasteiger partial charge < -0.3 is 0 Å². The van der Waals surface area contributed by atoms with E-state index in [1.54, 1.807) is 30.5 Å². The molecule has 0 atom stereocenters. The van der Waals surface area contributed by atoms with E-state index in [1.165, 1.54) is 16.6 Å². The van der Waals surface area contributed by atoms with E-state index in [2.05, 4.69) is 10.1 Å². The van der Waals surface area contributed by atoms with E-state index in [1.807, 2.05) is 6.07 Å². The van der Waals surface area contributed by atoms with Crippen molar-refractivity contribution in [1.29, 1.82) is 5.26 Å². The maximum atomic E-state index is 10.8. The Kier molecular flexibility index (Phi) is 2.62. The fourth-order valence-electron chi connectivity index (χ4n) is 1.83. The zero-order chi connectivity index (χ0) is 14.1. The Bertz CT molecular complexity index is 863. The average molecular weight is 265 g/mol. The average Bonchev–Trinajstić information content (AvgIpc) is 2.90. The normalized spacial score (nSPS) is 10.3. The molecule has 0 fully saturated rings. The number of hydrogen-bond acceptors (Lipinski definition) is 5. The van der Waals surface area contributed by atoms with Gasteiger partial charge in [0.2, 0.25) is 0 Å². The topological polar surface area (TPSA) is 97.1 Å². The van der Waals surface area contributed by atoms with Crippen molar-refractivity contribution >= 4 is 11.3 Å². The van der Waals surface area contributed by atoms with E-state index in [-0.39, 0.29) is 5.69 Å². The van der Waals surface area contributed by atoms with Crippen LogP contribution in [0.4, 0.5) is 5.69 Å². The molecule has 3 rings (SSSR count). The predicted molar refractivity (Wildman–Crippen MR) is 69.8 cm³/mol. The summed E-state index contributed by atoms with van der Waals surface area (Å²) in [5.74, 6) is 0.379. The molecule has 2 aromatic heterocycles. The highest BCUT2D eigenvalue weighted by molar-refractivity contribution is 5.61. The third-order valence-electron chi connectivity index (χ3n) is 2.78. The number of fused-ring (bicyclic) bond motifs is 1. The lowest BCUT2D eigenvalue weighted by Gasteiger charge is -1.94. The molecule has 0 aliphatic heterocycles. The van der Waals surface area contributed by atoms with Gasteiger partial charge in [0.1, 0.15) is 0 Å². The van der Waals surface area contributed by atoms with Crippen LogP contribution in [0.1, 0.15) is 5.56 Å². The highest BCUT2D eigenvalue weighted by atomic mass is 16.6. The van der Waals surface area contributed by atoms with Crippen LogP contribution in [0.25, 0.3) is 17.0 Å². The van der Waals surface area contributed by atoms with Crippen LogP contribution in [0, 0.1) is 21.4 Å². The highest BCUT2D eigenvalue weighted by Crippen LogP contribution is 2.21. The van der Waals surface area contributed by atoms with Gasteiger partial charge >= 0.3 is 0 Å². The molecule has 0 saturated carbocycles. The number of nitro groups is 1. The Morgan fingerprint density at radius 2 is 2.15 bits per heavy atom. The van der Waals surface area contributed by atoms with E-state index < -0.39 is 4.92 Å². The lowest BCUT2D eigenvalue weighted by molar-refractivity contribution is -0.384. The Morgan fingerprint density at radius 1 is 1.30 bits per heavy atom. The van der Waals surface area contributed by atoms with E-state index in [4.69, 9.17) is 5.26 Å². The minimum Gasteiger partial charge on any atom is -0.258 e. The Morgan fingerprint density at radius 3 is 2.90 bits per heavy atom. The molecule has 1 aromatic carbocycles. The fraction of sp³-hybridized carbons (Fsp3) is 0. The largest absolute Gasteiger partial charge is 0.270 e. The van der Waals surface area contributed by atoms with Crippen molar-refractivity contribution in [3.05, 3.63) is 58.3 Å². The Labute approximate surface area is 112 Å². The van der Waals surface area contributed by atoms with Crippen molar-refractivity contribution in [3.8, 4) is 17.5 Å². The van der Waals surface area contributed by atoms with E-state index >= 15 is 0 Å². The van der Waals surface area contributed by atoms with Gasteiger partial charge in [-0.3, -0.25) is 10.1 Å². The Balaban J connectivity index is 2.13. The molecule has 0 spiro atoms. The van der Waals surface area contributed by atoms with Crippen molar-refractivity contribution < 1.29 is 4.92 Å². The first-order valence-corrected chi connectivity index (χ1v) is 5.69. The van der Waals surface area contributed by atoms with E-state index in [0.29, 0.717) is 22.6 Å². The zero-order valence-corrected chi connectivity index (χ0v) is 10.1. The van der Waals surface area contributed by atoms with Gasteiger partial charge in [0.05, 0.1) is 16.6 Å². The number of nitriles is 1. The lowest BCUT2D eigenvalue weighted by Crippen LogP contribution is -1.89. The molecule has 96 valence electrons. The van der Waals surface area contributed by atoms with Crippen LogP contribution in [-0.4, -0.2) is 19.5 Å². The highest BCUT2D eigenvalue weighted by Gasteiger charge is 2.11. The van der Waals surface area contributed by atoms with Gasteiger partial charge in [-0.05, 0) is 6.07 Å². The first-order valence-electron chi connectivity index (χ1n) is 5.69. The first-order chi connectivity index (χ1) is 9.67. The van der Waals surface area contributed by atoms with Gasteiger partial charge in [-0.1, -0.05) is 12.1 Å². The van der Waals surface area contributed by atoms with Gasteiger partial charge in [0.25, 0.3) is 5.69 Å². The summed E-state index contributed by atoms with van der Waals surface area (Å²) in [5.41, 5.74) is 1.54. The summed E-state index contributed by atoms with van der Waals surface area (Å²) in [6, 6.07) is 11.4. The van der Waals surface area contributed by atoms with E-state index in [0.717, 1.165) is 0 Å². The molecule has 7 heteroatoms. The second-order valence-electron chi connectivity index (χ2n) is 4.07. The third kappa shape index (κ3) is 1.95. The minimum atomic E-state index is -0.465. The third-order valence-corrected chi connectivity index (χ3v) is 2.78. The smallest absolute Gasteiger partial charge is 0.258 e. The molecule has 0 aliphatic rings. The molecule has 0 bridgehead atoms. The van der Waals surface area contributed by atoms with Gasteiger partial charge in [-0.2, -0.15) is 5.26 Å². The number of aromatic nitrogens is 3. The molecule has 0 amide bonds. The first kappa shape index (κ1) is 11.8. The molecule has 2 heterocycles. The monoisotopic (exact) mass is 265 g/mol. The second kappa shape index (κ2) is 4.44. The number of nitro benzene ring substituents is 1. The summed E-state index contributed by atoms with van der Waals surface area (Å²) in [5, 5.41) is 23.8. The van der Waals surface area contributed by atoms with Gasteiger partial charge in [0, 0.05) is 30.0 Å². The van der Waals surface area contributed by atoms with Crippen molar-refractivity contribution in [2.45, 2.75) is 0 Å². The quantitative estimate of drug-likeness (QED) is 0.522. The maximum absolute atomic E-state index is 10.8. The maximum Gasteiger partial charge on any atom is 0.270 e. The number of benzene rings is 1. The molecular formula is C13H7N5O2. The lowest BCUT2D eigenvalue weighted by atomic mass is 10.2. The van der Waals surface area contributed by atoms with Crippen molar-refractivity contribution in [2.24, 2.45) is 0 Å². The van der Waals surface area contributed by atoms with Gasteiger partial charge in [0.15, 0.2) is 11.5 Å². The van der Waals surface area contributed by atoms with Gasteiger partial charge in [-0.15, -0.1) is 5.10 Å². The van der Waals surface area contributed by atoms with Crippen LogP contribution in [0.2, 0.25) is 0 Å². The molecule has 3 aromatic rings. The standard InChI is InChI=1S/C13H7N5O2/c14-8-9-4-5-17-12(6-9)15-13(16-17)10-2-1-3-11(7-10)18(19)20/h1-7H. The summed E-state index contributed by atoms with van der Waals surface area (Å²) in [4.78, 5) is 14.6. The predicted octanol–water partition coefficient (Wildman–Crippen LogP) is 2.18.